The standard InChI is InChI=1S/C17H18ClN3/c1-2-4-16-20-17-14(19)5-3-6-15(17)21(16)11-12-7-9-13(18)10-8-12/h3,5-10H,2,4,11,19H2,1H3. The van der Waals surface area contributed by atoms with Crippen molar-refractivity contribution in [3.8, 4) is 0 Å². The Morgan fingerprint density at radius 3 is 2.62 bits per heavy atom. The number of anilines is 1. The summed E-state index contributed by atoms with van der Waals surface area (Å²) in [5, 5.41) is 0.757. The Balaban J connectivity index is 2.08. The van der Waals surface area contributed by atoms with Gasteiger partial charge in [0.15, 0.2) is 0 Å². The zero-order valence-corrected chi connectivity index (χ0v) is 12.8. The van der Waals surface area contributed by atoms with E-state index < -0.39 is 0 Å². The van der Waals surface area contributed by atoms with Gasteiger partial charge >= 0.3 is 0 Å². The van der Waals surface area contributed by atoms with Crippen LogP contribution in [-0.2, 0) is 13.0 Å². The molecule has 2 N–H and O–H groups in total. The minimum Gasteiger partial charge on any atom is -0.397 e. The first-order valence-electron chi connectivity index (χ1n) is 7.17. The Bertz CT molecular complexity index is 760. The average Bonchev–Trinajstić information content (AvgIpc) is 2.82. The monoisotopic (exact) mass is 299 g/mol. The van der Waals surface area contributed by atoms with Gasteiger partial charge in [-0.1, -0.05) is 36.7 Å². The van der Waals surface area contributed by atoms with E-state index in [-0.39, 0.29) is 0 Å². The second-order valence-electron chi connectivity index (χ2n) is 5.21. The summed E-state index contributed by atoms with van der Waals surface area (Å²) < 4.78 is 2.25. The number of nitrogen functional groups attached to an aromatic ring is 1. The number of aromatic nitrogens is 2. The number of nitrogens with zero attached hydrogens (tertiary/aromatic N) is 2. The number of para-hydroxylation sites is 1. The first-order valence-corrected chi connectivity index (χ1v) is 7.55. The average molecular weight is 300 g/mol. The maximum atomic E-state index is 6.05. The van der Waals surface area contributed by atoms with E-state index in [1.54, 1.807) is 0 Å². The van der Waals surface area contributed by atoms with Crippen molar-refractivity contribution in [2.45, 2.75) is 26.3 Å². The molecule has 0 bridgehead atoms. The predicted molar refractivity (Wildman–Crippen MR) is 88.7 cm³/mol. The predicted octanol–water partition coefficient (Wildman–Crippen LogP) is 4.27. The number of hydrogen-bond donors (Lipinski definition) is 1. The van der Waals surface area contributed by atoms with Gasteiger partial charge in [0.25, 0.3) is 0 Å². The largest absolute Gasteiger partial charge is 0.397 e. The molecule has 0 saturated heterocycles. The molecule has 0 aliphatic heterocycles. The number of benzene rings is 2. The summed E-state index contributed by atoms with van der Waals surface area (Å²) in [6.45, 7) is 2.95. The van der Waals surface area contributed by atoms with Crippen LogP contribution in [0.2, 0.25) is 5.02 Å². The molecule has 3 aromatic rings. The summed E-state index contributed by atoms with van der Waals surface area (Å²) >= 11 is 5.95. The van der Waals surface area contributed by atoms with Crippen molar-refractivity contribution in [3.05, 3.63) is 58.9 Å². The van der Waals surface area contributed by atoms with Gasteiger partial charge in [-0.3, -0.25) is 0 Å². The lowest BCUT2D eigenvalue weighted by Crippen LogP contribution is -2.05. The lowest BCUT2D eigenvalue weighted by Gasteiger charge is -2.09. The topological polar surface area (TPSA) is 43.8 Å². The van der Waals surface area contributed by atoms with Gasteiger partial charge in [0.2, 0.25) is 0 Å². The molecule has 0 aliphatic rings. The van der Waals surface area contributed by atoms with Crippen LogP contribution in [0.25, 0.3) is 11.0 Å². The van der Waals surface area contributed by atoms with Crippen molar-refractivity contribution >= 4 is 28.3 Å². The lowest BCUT2D eigenvalue weighted by molar-refractivity contribution is 0.722. The van der Waals surface area contributed by atoms with Crippen LogP contribution in [0.15, 0.2) is 42.5 Å². The highest BCUT2D eigenvalue weighted by Crippen LogP contribution is 2.24. The molecule has 0 saturated carbocycles. The smallest absolute Gasteiger partial charge is 0.112 e. The van der Waals surface area contributed by atoms with E-state index >= 15 is 0 Å². The first kappa shape index (κ1) is 14.0. The van der Waals surface area contributed by atoms with Gasteiger partial charge in [-0.05, 0) is 36.2 Å². The first-order chi connectivity index (χ1) is 10.2. The molecule has 0 unspecified atom stereocenters. The number of halogens is 1. The highest BCUT2D eigenvalue weighted by atomic mass is 35.5. The summed E-state index contributed by atoms with van der Waals surface area (Å²) in [6, 6.07) is 13.9. The minimum absolute atomic E-state index is 0.736. The van der Waals surface area contributed by atoms with Gasteiger partial charge < -0.3 is 10.3 Å². The summed E-state index contributed by atoms with van der Waals surface area (Å²) in [4.78, 5) is 4.73. The molecule has 0 amide bonds. The number of rotatable bonds is 4. The normalized spacial score (nSPS) is 11.1. The number of hydrogen-bond acceptors (Lipinski definition) is 2. The Morgan fingerprint density at radius 1 is 1.14 bits per heavy atom. The maximum absolute atomic E-state index is 6.05. The molecule has 108 valence electrons. The Morgan fingerprint density at radius 2 is 1.90 bits per heavy atom. The zero-order chi connectivity index (χ0) is 14.8. The van der Waals surface area contributed by atoms with E-state index in [1.807, 2.05) is 24.3 Å². The zero-order valence-electron chi connectivity index (χ0n) is 12.0. The van der Waals surface area contributed by atoms with Gasteiger partial charge in [0.1, 0.15) is 11.3 Å². The maximum Gasteiger partial charge on any atom is 0.112 e. The molecular weight excluding hydrogens is 282 g/mol. The van der Waals surface area contributed by atoms with Crippen LogP contribution in [0.1, 0.15) is 24.7 Å². The highest BCUT2D eigenvalue weighted by Gasteiger charge is 2.12. The highest BCUT2D eigenvalue weighted by molar-refractivity contribution is 6.30. The van der Waals surface area contributed by atoms with E-state index in [1.165, 1.54) is 5.56 Å². The third-order valence-corrected chi connectivity index (χ3v) is 3.87. The molecule has 3 nitrogen and oxygen atoms in total. The van der Waals surface area contributed by atoms with Crippen molar-refractivity contribution in [2.75, 3.05) is 5.73 Å². The van der Waals surface area contributed by atoms with Crippen LogP contribution in [0, 0.1) is 0 Å². The van der Waals surface area contributed by atoms with E-state index in [2.05, 4.69) is 29.7 Å². The molecule has 21 heavy (non-hydrogen) atoms. The SMILES string of the molecule is CCCc1nc2c(N)cccc2n1Cc1ccc(Cl)cc1. The van der Waals surface area contributed by atoms with Crippen LogP contribution in [-0.4, -0.2) is 9.55 Å². The number of nitrogens with two attached hydrogens (primary N) is 1. The second kappa shape index (κ2) is 5.78. The van der Waals surface area contributed by atoms with Crippen LogP contribution in [0.5, 0.6) is 0 Å². The fraction of sp³-hybridized carbons (Fsp3) is 0.235. The van der Waals surface area contributed by atoms with Crippen molar-refractivity contribution < 1.29 is 0 Å². The van der Waals surface area contributed by atoms with Crippen LogP contribution in [0.4, 0.5) is 5.69 Å². The number of fused-ring (bicyclic) bond motifs is 1. The van der Waals surface area contributed by atoms with Crippen molar-refractivity contribution in [3.63, 3.8) is 0 Å². The van der Waals surface area contributed by atoms with Gasteiger partial charge in [-0.15, -0.1) is 0 Å². The van der Waals surface area contributed by atoms with Crippen LogP contribution >= 0.6 is 11.6 Å². The van der Waals surface area contributed by atoms with Crippen molar-refractivity contribution in [2.24, 2.45) is 0 Å². The van der Waals surface area contributed by atoms with Gasteiger partial charge in [0.05, 0.1) is 11.2 Å². The summed E-state index contributed by atoms with van der Waals surface area (Å²) in [6.07, 6.45) is 2.01. The van der Waals surface area contributed by atoms with Crippen LogP contribution in [0.3, 0.4) is 0 Å². The third-order valence-electron chi connectivity index (χ3n) is 3.62. The van der Waals surface area contributed by atoms with Crippen molar-refractivity contribution in [1.82, 2.24) is 9.55 Å². The number of imidazole rings is 1. The third kappa shape index (κ3) is 2.74. The molecule has 0 radical (unpaired) electrons. The molecular formula is C17H18ClN3. The molecule has 0 fully saturated rings. The molecule has 1 aromatic heterocycles. The Labute approximate surface area is 129 Å². The lowest BCUT2D eigenvalue weighted by atomic mass is 10.2. The van der Waals surface area contributed by atoms with Crippen LogP contribution < -0.4 is 5.73 Å². The van der Waals surface area contributed by atoms with Crippen molar-refractivity contribution in [1.29, 1.82) is 0 Å². The van der Waals surface area contributed by atoms with E-state index in [4.69, 9.17) is 22.3 Å². The Kier molecular flexibility index (Phi) is 3.84. The fourth-order valence-electron chi connectivity index (χ4n) is 2.58. The quantitative estimate of drug-likeness (QED) is 0.731. The second-order valence-corrected chi connectivity index (χ2v) is 5.64. The van der Waals surface area contributed by atoms with E-state index in [9.17, 15) is 0 Å². The molecule has 4 heteroatoms. The van der Waals surface area contributed by atoms with Gasteiger partial charge in [0, 0.05) is 18.0 Å². The summed E-state index contributed by atoms with van der Waals surface area (Å²) in [7, 11) is 0. The Hall–Kier alpha value is -2.00. The van der Waals surface area contributed by atoms with E-state index in [0.29, 0.717) is 0 Å². The van der Waals surface area contributed by atoms with Gasteiger partial charge in [-0.25, -0.2) is 4.98 Å². The molecule has 3 rings (SSSR count). The van der Waals surface area contributed by atoms with Gasteiger partial charge in [-0.2, -0.15) is 0 Å². The molecule has 2 aromatic carbocycles. The summed E-state index contributed by atoms with van der Waals surface area (Å²) in [5.41, 5.74) is 9.99. The van der Waals surface area contributed by atoms with E-state index in [0.717, 1.165) is 47.0 Å². The minimum atomic E-state index is 0.736. The molecule has 0 spiro atoms. The summed E-state index contributed by atoms with van der Waals surface area (Å²) in [5.74, 6) is 1.08. The fourth-order valence-corrected chi connectivity index (χ4v) is 2.71. The number of aryl methyl sites for hydroxylation is 1. The molecule has 0 aliphatic carbocycles. The molecule has 1 heterocycles. The molecule has 0 atom stereocenters.